The molecule has 0 aliphatic carbocycles. The van der Waals surface area contributed by atoms with E-state index in [1.807, 2.05) is 33.3 Å². The highest BCUT2D eigenvalue weighted by Gasteiger charge is 2.27. The van der Waals surface area contributed by atoms with Crippen LogP contribution in [-0.4, -0.2) is 69.4 Å². The van der Waals surface area contributed by atoms with Gasteiger partial charge in [0.2, 0.25) is 5.91 Å². The maximum absolute atomic E-state index is 13.6. The molecule has 0 saturated carbocycles. The molecule has 0 saturated heterocycles. The Labute approximate surface area is 512 Å². The quantitative estimate of drug-likeness (QED) is 0.0212. The molecule has 10 heteroatoms. The average molecular weight is 1180 g/mol. The Morgan fingerprint density at radius 2 is 0.771 bits per heavy atom. The Bertz CT molecular complexity index is 1790. The Hall–Kier alpha value is -3.33. The van der Waals surface area contributed by atoms with E-state index in [9.17, 15) is 19.0 Å². The number of hydrogen-bond donors (Lipinski definition) is 1. The molecule has 3 unspecified atom stereocenters. The number of unbranched alkanes of at least 4 members (excludes halogenated alkanes) is 29. The van der Waals surface area contributed by atoms with Crippen LogP contribution in [-0.2, 0) is 27.9 Å². The summed E-state index contributed by atoms with van der Waals surface area (Å²) in [5.74, 6) is -0.563. The number of hydrogen-bond acceptors (Lipinski definition) is 7. The van der Waals surface area contributed by atoms with Gasteiger partial charge < -0.3 is 28.5 Å². The van der Waals surface area contributed by atoms with Crippen molar-refractivity contribution in [3.8, 4) is 0 Å². The summed E-state index contributed by atoms with van der Waals surface area (Å²) in [5.41, 5.74) is 0. The van der Waals surface area contributed by atoms with Crippen LogP contribution >= 0.6 is 7.82 Å². The van der Waals surface area contributed by atoms with Crippen LogP contribution in [0.25, 0.3) is 0 Å². The Morgan fingerprint density at radius 3 is 1.18 bits per heavy atom. The van der Waals surface area contributed by atoms with Crippen molar-refractivity contribution >= 4 is 19.7 Å². The molecule has 0 spiro atoms. The van der Waals surface area contributed by atoms with Gasteiger partial charge in [0.1, 0.15) is 19.3 Å². The fourth-order valence-corrected chi connectivity index (χ4v) is 10.2. The molecule has 83 heavy (non-hydrogen) atoms. The lowest BCUT2D eigenvalue weighted by molar-refractivity contribution is -0.870. The molecule has 478 valence electrons. The van der Waals surface area contributed by atoms with Gasteiger partial charge in [0.15, 0.2) is 0 Å². The summed E-state index contributed by atoms with van der Waals surface area (Å²) in [6.07, 6.45) is 84.8. The minimum absolute atomic E-state index is 0.0307. The Kier molecular flexibility index (Phi) is 59.3. The van der Waals surface area contributed by atoms with E-state index in [-0.39, 0.29) is 24.9 Å². The second-order valence-corrected chi connectivity index (χ2v) is 25.4. The molecule has 0 bridgehead atoms. The number of phosphoric ester groups is 1. The molecule has 0 aromatic rings. The Morgan fingerprint density at radius 1 is 0.434 bits per heavy atom. The highest BCUT2D eigenvalue weighted by molar-refractivity contribution is 7.45. The van der Waals surface area contributed by atoms with Gasteiger partial charge in [-0.25, -0.2) is 0 Å². The SMILES string of the molecule is CC/C=C\C/C=C\C/C=C\C/C=C\C/C=C\CCCCCCCCCCCC(=O)NC(COP(=O)([O-])OCC[N+](C)(C)C)C(/C=C\CCCCCCCCCCCCC)OC(=O)CCCCCCCC/C=C\C/C=C\C/C=C\CCCCC. The molecule has 0 heterocycles. The predicted octanol–water partition coefficient (Wildman–Crippen LogP) is 21.0. The second-order valence-electron chi connectivity index (χ2n) is 23.9. The highest BCUT2D eigenvalue weighted by atomic mass is 31.2. The van der Waals surface area contributed by atoms with Crippen molar-refractivity contribution in [1.82, 2.24) is 5.32 Å². The molecule has 0 radical (unpaired) electrons. The van der Waals surface area contributed by atoms with Crippen LogP contribution in [0.4, 0.5) is 0 Å². The van der Waals surface area contributed by atoms with E-state index in [4.69, 9.17) is 13.8 Å². The van der Waals surface area contributed by atoms with Crippen molar-refractivity contribution in [2.45, 2.75) is 303 Å². The zero-order chi connectivity index (χ0) is 60.7. The van der Waals surface area contributed by atoms with Crippen molar-refractivity contribution in [3.05, 3.63) is 109 Å². The van der Waals surface area contributed by atoms with Crippen LogP contribution in [0.1, 0.15) is 290 Å². The van der Waals surface area contributed by atoms with Crippen molar-refractivity contribution in [3.63, 3.8) is 0 Å². The van der Waals surface area contributed by atoms with Crippen LogP contribution < -0.4 is 10.2 Å². The monoisotopic (exact) mass is 1180 g/mol. The van der Waals surface area contributed by atoms with Crippen LogP contribution in [0.2, 0.25) is 0 Å². The second kappa shape index (κ2) is 61.7. The van der Waals surface area contributed by atoms with Gasteiger partial charge in [-0.2, -0.15) is 0 Å². The molecule has 0 aromatic heterocycles. The fraction of sp³-hybridized carbons (Fsp3) is 0.726. The molecule has 0 aliphatic rings. The zero-order valence-electron chi connectivity index (χ0n) is 54.6. The number of nitrogens with zero attached hydrogens (tertiary/aromatic N) is 1. The first kappa shape index (κ1) is 79.7. The lowest BCUT2D eigenvalue weighted by atomic mass is 10.0. The molecular formula is C73H129N2O7P. The molecule has 1 amide bonds. The number of quaternary nitrogens is 1. The molecule has 0 aromatic carbocycles. The number of amides is 1. The van der Waals surface area contributed by atoms with Crippen molar-refractivity contribution in [1.29, 1.82) is 0 Å². The average Bonchev–Trinajstić information content (AvgIpc) is 3.46. The highest BCUT2D eigenvalue weighted by Crippen LogP contribution is 2.38. The molecule has 0 fully saturated rings. The van der Waals surface area contributed by atoms with Crippen molar-refractivity contribution in [2.75, 3.05) is 40.9 Å². The van der Waals surface area contributed by atoms with Gasteiger partial charge in [0.05, 0.1) is 33.8 Å². The minimum atomic E-state index is -4.72. The molecule has 9 nitrogen and oxygen atoms in total. The third-order valence-electron chi connectivity index (χ3n) is 14.7. The van der Waals surface area contributed by atoms with E-state index in [2.05, 4.69) is 123 Å². The minimum Gasteiger partial charge on any atom is -0.756 e. The zero-order valence-corrected chi connectivity index (χ0v) is 55.5. The number of phosphoric acid groups is 1. The molecule has 0 aliphatic heterocycles. The molecule has 1 N–H and O–H groups in total. The van der Waals surface area contributed by atoms with E-state index in [1.165, 1.54) is 116 Å². The van der Waals surface area contributed by atoms with E-state index >= 15 is 0 Å². The number of carbonyl (C=O) groups is 2. The summed E-state index contributed by atoms with van der Waals surface area (Å²) in [6, 6.07) is -0.905. The van der Waals surface area contributed by atoms with E-state index in [0.717, 1.165) is 135 Å². The first-order chi connectivity index (χ1) is 40.4. The molecular weight excluding hydrogens is 1050 g/mol. The summed E-state index contributed by atoms with van der Waals surface area (Å²) in [5, 5.41) is 3.03. The van der Waals surface area contributed by atoms with Crippen LogP contribution in [0, 0.1) is 0 Å². The maximum Gasteiger partial charge on any atom is 0.306 e. The number of rotatable bonds is 61. The normalized spacial score (nSPS) is 14.3. The summed E-state index contributed by atoms with van der Waals surface area (Å²) in [4.78, 5) is 40.2. The van der Waals surface area contributed by atoms with Gasteiger partial charge in [-0.1, -0.05) is 272 Å². The molecule has 0 rings (SSSR count). The number of ether oxygens (including phenoxy) is 1. The summed E-state index contributed by atoms with van der Waals surface area (Å²) in [6.45, 7) is 6.70. The topological polar surface area (TPSA) is 114 Å². The van der Waals surface area contributed by atoms with Crippen molar-refractivity contribution < 1.29 is 37.3 Å². The number of likely N-dealkylation sites (N-methyl/N-ethyl adjacent to an activating group) is 1. The summed E-state index contributed by atoms with van der Waals surface area (Å²) < 4.78 is 30.4. The third kappa shape index (κ3) is 63.0. The first-order valence-electron chi connectivity index (χ1n) is 34.2. The van der Waals surface area contributed by atoms with E-state index < -0.39 is 26.6 Å². The Balaban J connectivity index is 5.20. The van der Waals surface area contributed by atoms with Crippen molar-refractivity contribution in [2.24, 2.45) is 0 Å². The lowest BCUT2D eigenvalue weighted by Gasteiger charge is -2.30. The van der Waals surface area contributed by atoms with Gasteiger partial charge in [-0.05, 0) is 115 Å². The van der Waals surface area contributed by atoms with E-state index in [0.29, 0.717) is 23.9 Å². The van der Waals surface area contributed by atoms with Crippen LogP contribution in [0.3, 0.4) is 0 Å². The fourth-order valence-electron chi connectivity index (χ4n) is 9.44. The summed E-state index contributed by atoms with van der Waals surface area (Å²) in [7, 11) is 1.16. The van der Waals surface area contributed by atoms with Gasteiger partial charge in [0, 0.05) is 12.8 Å². The number of carbonyl (C=O) groups excluding carboxylic acids is 2. The van der Waals surface area contributed by atoms with Gasteiger partial charge >= 0.3 is 5.97 Å². The standard InChI is InChI=1S/C73H129N2O7P/c1-7-10-13-16-19-22-25-28-30-32-34-35-36-37-38-39-41-42-44-47-50-53-56-59-62-65-72(76)74-70(69-81-83(78,79)80-68-67-75(4,5)6)71(64-61-58-55-52-49-46-27-24-21-18-15-12-9-3)82-73(77)66-63-60-57-54-51-48-45-43-40-33-31-29-26-23-20-17-14-11-8-2/h10,13,19-20,22-23,28-31,34-35,37-38,40,43,61,64,70-71H,7-9,11-12,14-18,21,24-27,32-33,36,39,41-42,44-60,62-63,65-69H2,1-6H3,(H-,74,76,78,79)/b13-10-,22-19-,23-20-,30-28-,31-29-,35-34-,38-37-,43-40-,64-61-. The van der Waals surface area contributed by atoms with Crippen LogP contribution in [0.15, 0.2) is 109 Å². The van der Waals surface area contributed by atoms with Gasteiger partial charge in [-0.3, -0.25) is 14.2 Å². The number of nitrogens with one attached hydrogen (secondary N) is 1. The molecule has 3 atom stereocenters. The maximum atomic E-state index is 13.6. The van der Waals surface area contributed by atoms with Gasteiger partial charge in [0.25, 0.3) is 7.82 Å². The van der Waals surface area contributed by atoms with Gasteiger partial charge in [-0.15, -0.1) is 0 Å². The number of esters is 1. The largest absolute Gasteiger partial charge is 0.756 e. The summed E-state index contributed by atoms with van der Waals surface area (Å²) >= 11 is 0. The van der Waals surface area contributed by atoms with E-state index in [1.54, 1.807) is 0 Å². The third-order valence-corrected chi connectivity index (χ3v) is 15.7. The first-order valence-corrected chi connectivity index (χ1v) is 35.7. The van der Waals surface area contributed by atoms with Crippen LogP contribution in [0.5, 0.6) is 0 Å². The predicted molar refractivity (Wildman–Crippen MR) is 357 cm³/mol. The number of allylic oxidation sites excluding steroid dienone is 17. The smallest absolute Gasteiger partial charge is 0.306 e. The lowest BCUT2D eigenvalue weighted by Crippen LogP contribution is -2.47.